The lowest BCUT2D eigenvalue weighted by Gasteiger charge is -2.47. The molecular formula is C15H21N3O4. The number of fused-ring (bicyclic) bond motifs is 3. The molecule has 7 heteroatoms. The number of β-lactam (4-membered cyclic amide) rings is 1. The van der Waals surface area contributed by atoms with Crippen molar-refractivity contribution in [2.75, 3.05) is 7.05 Å². The van der Waals surface area contributed by atoms with Crippen molar-refractivity contribution in [3.05, 3.63) is 11.3 Å². The molecule has 0 unspecified atom stereocenters. The molecule has 3 rings (SSSR count). The van der Waals surface area contributed by atoms with Crippen LogP contribution in [-0.4, -0.2) is 63.5 Å². The number of rotatable bonds is 4. The van der Waals surface area contributed by atoms with Gasteiger partial charge in [0.15, 0.2) is 0 Å². The number of aliphatic hydroxyl groups excluding tert-OH is 1. The van der Waals surface area contributed by atoms with E-state index in [1.165, 1.54) is 11.2 Å². The molecule has 2 aliphatic heterocycles. The van der Waals surface area contributed by atoms with Gasteiger partial charge in [0, 0.05) is 13.0 Å². The number of aliphatic carboxylic acids is 1. The third-order valence-electron chi connectivity index (χ3n) is 5.28. The number of amides is 1. The first-order valence-corrected chi connectivity index (χ1v) is 7.61. The van der Waals surface area contributed by atoms with Crippen molar-refractivity contribution in [3.63, 3.8) is 0 Å². The zero-order valence-corrected chi connectivity index (χ0v) is 12.7. The van der Waals surface area contributed by atoms with Crippen LogP contribution in [0.4, 0.5) is 0 Å². The fraction of sp³-hybridized carbons (Fsp3) is 0.667. The van der Waals surface area contributed by atoms with Crippen LogP contribution in [0, 0.1) is 17.2 Å². The van der Waals surface area contributed by atoms with Crippen LogP contribution in [0.1, 0.15) is 26.2 Å². The fourth-order valence-corrected chi connectivity index (χ4v) is 4.37. The number of carbonyl (C=O) groups is 2. The molecule has 1 saturated carbocycles. The average Bonchev–Trinajstić information content (AvgIpc) is 2.76. The molecule has 0 aromatic rings. The van der Waals surface area contributed by atoms with E-state index in [0.717, 1.165) is 24.8 Å². The summed E-state index contributed by atoms with van der Waals surface area (Å²) in [5, 5.41) is 26.9. The molecule has 120 valence electrons. The number of carboxylic acid groups (broad SMARTS) is 1. The lowest BCUT2D eigenvalue weighted by molar-refractivity contribution is -0.163. The number of likely N-dealkylation sites (N-methyl/N-ethyl adjacent to an activating group) is 1. The van der Waals surface area contributed by atoms with Crippen molar-refractivity contribution in [2.24, 2.45) is 11.8 Å². The second-order valence-corrected chi connectivity index (χ2v) is 6.42. The monoisotopic (exact) mass is 307 g/mol. The molecule has 1 aliphatic carbocycles. The Hall–Kier alpha value is -1.89. The molecular weight excluding hydrogens is 286 g/mol. The molecule has 0 radical (unpaired) electrons. The fourth-order valence-electron chi connectivity index (χ4n) is 4.37. The Kier molecular flexibility index (Phi) is 3.47. The summed E-state index contributed by atoms with van der Waals surface area (Å²) < 4.78 is 0. The van der Waals surface area contributed by atoms with E-state index in [1.807, 2.05) is 0 Å². The van der Waals surface area contributed by atoms with Crippen molar-refractivity contribution >= 4 is 18.2 Å². The number of hydrogen-bond acceptors (Lipinski definition) is 4. The van der Waals surface area contributed by atoms with Gasteiger partial charge in [-0.2, -0.15) is 0 Å². The third-order valence-corrected chi connectivity index (χ3v) is 5.28. The highest BCUT2D eigenvalue weighted by Crippen LogP contribution is 2.52. The summed E-state index contributed by atoms with van der Waals surface area (Å²) in [6, 6.07) is -0.397. The summed E-state index contributed by atoms with van der Waals surface area (Å²) in [6.45, 7) is 1.59. The smallest absolute Gasteiger partial charge is 0.352 e. The van der Waals surface area contributed by atoms with Crippen LogP contribution >= 0.6 is 0 Å². The van der Waals surface area contributed by atoms with Crippen molar-refractivity contribution in [1.82, 2.24) is 9.80 Å². The minimum absolute atomic E-state index is 0.0236. The topological polar surface area (TPSA) is 105 Å². The maximum atomic E-state index is 12.3. The highest BCUT2D eigenvalue weighted by molar-refractivity contribution is 6.00. The molecule has 0 aromatic carbocycles. The van der Waals surface area contributed by atoms with Gasteiger partial charge in [0.2, 0.25) is 5.91 Å². The molecule has 5 atom stereocenters. The number of hydrogen-bond donors (Lipinski definition) is 3. The minimum atomic E-state index is -1.09. The molecule has 0 aromatic heterocycles. The third kappa shape index (κ3) is 1.81. The molecule has 0 bridgehead atoms. The maximum Gasteiger partial charge on any atom is 0.352 e. The van der Waals surface area contributed by atoms with Gasteiger partial charge in [-0.1, -0.05) is 6.42 Å². The summed E-state index contributed by atoms with van der Waals surface area (Å²) >= 11 is 0. The van der Waals surface area contributed by atoms with Gasteiger partial charge in [0.25, 0.3) is 0 Å². The van der Waals surface area contributed by atoms with E-state index in [2.05, 4.69) is 0 Å². The second kappa shape index (κ2) is 5.08. The van der Waals surface area contributed by atoms with Crippen molar-refractivity contribution < 1.29 is 19.8 Å². The van der Waals surface area contributed by atoms with Gasteiger partial charge in [0.05, 0.1) is 30.4 Å². The van der Waals surface area contributed by atoms with Gasteiger partial charge in [-0.25, -0.2) is 4.79 Å². The normalized spacial score (nSPS) is 34.7. The van der Waals surface area contributed by atoms with E-state index >= 15 is 0 Å². The first kappa shape index (κ1) is 15.0. The Bertz CT molecular complexity index is 571. The molecule has 3 aliphatic rings. The van der Waals surface area contributed by atoms with Crippen molar-refractivity contribution in [1.29, 1.82) is 5.41 Å². The first-order valence-electron chi connectivity index (χ1n) is 7.61. The van der Waals surface area contributed by atoms with Gasteiger partial charge >= 0.3 is 5.97 Å². The molecule has 2 fully saturated rings. The predicted octanol–water partition coefficient (Wildman–Crippen LogP) is 0.254. The van der Waals surface area contributed by atoms with E-state index in [9.17, 15) is 19.8 Å². The zero-order chi connectivity index (χ0) is 16.2. The molecule has 22 heavy (non-hydrogen) atoms. The van der Waals surface area contributed by atoms with Crippen LogP contribution in [0.3, 0.4) is 0 Å². The van der Waals surface area contributed by atoms with Crippen molar-refractivity contribution in [2.45, 2.75) is 44.4 Å². The maximum absolute atomic E-state index is 12.3. The van der Waals surface area contributed by atoms with Crippen molar-refractivity contribution in [3.8, 4) is 0 Å². The SMILES string of the molecule is C[C@@H](O)[C@H]1C(=O)N2C(C(=O)O)=C3[C@H](CCC[C@@H]3N(C)C=N)[C@H]12. The Balaban J connectivity index is 2.06. The number of nitrogens with zero attached hydrogens (tertiary/aromatic N) is 2. The van der Waals surface area contributed by atoms with E-state index in [4.69, 9.17) is 5.41 Å². The number of aliphatic hydroxyl groups is 1. The summed E-state index contributed by atoms with van der Waals surface area (Å²) in [5.41, 5.74) is 0.835. The Labute approximate surface area is 128 Å². The van der Waals surface area contributed by atoms with E-state index in [-0.39, 0.29) is 29.6 Å². The van der Waals surface area contributed by atoms with Crippen LogP contribution in [0.15, 0.2) is 11.3 Å². The molecule has 0 spiro atoms. The zero-order valence-electron chi connectivity index (χ0n) is 12.7. The highest BCUT2D eigenvalue weighted by atomic mass is 16.4. The largest absolute Gasteiger partial charge is 0.477 e. The van der Waals surface area contributed by atoms with Gasteiger partial charge < -0.3 is 20.0 Å². The van der Waals surface area contributed by atoms with Crippen LogP contribution in [-0.2, 0) is 9.59 Å². The lowest BCUT2D eigenvalue weighted by Crippen LogP contribution is -2.64. The summed E-state index contributed by atoms with van der Waals surface area (Å²) in [5.74, 6) is -1.92. The Morgan fingerprint density at radius 1 is 1.50 bits per heavy atom. The second-order valence-electron chi connectivity index (χ2n) is 6.42. The van der Waals surface area contributed by atoms with Gasteiger partial charge in [-0.3, -0.25) is 10.2 Å². The lowest BCUT2D eigenvalue weighted by atomic mass is 9.71. The predicted molar refractivity (Wildman–Crippen MR) is 78.1 cm³/mol. The number of nitrogens with one attached hydrogen (secondary N) is 1. The van der Waals surface area contributed by atoms with Gasteiger partial charge in [0.1, 0.15) is 5.70 Å². The van der Waals surface area contributed by atoms with Gasteiger partial charge in [-0.05, 0) is 25.3 Å². The standard InChI is InChI=1S/C15H21N3O4/c1-7(19)10-12-8-4-3-5-9(17(2)6-16)11(8)13(15(21)22)18(12)14(10)20/h6-10,12,16,19H,3-5H2,1-2H3,(H,21,22)/t7-,8+,9+,10-,12-/m1/s1. The van der Waals surface area contributed by atoms with Crippen LogP contribution < -0.4 is 0 Å². The molecule has 1 amide bonds. The summed E-state index contributed by atoms with van der Waals surface area (Å²) in [7, 11) is 1.76. The number of carbonyl (C=O) groups excluding carboxylic acids is 1. The van der Waals surface area contributed by atoms with E-state index in [0.29, 0.717) is 0 Å². The Morgan fingerprint density at radius 2 is 2.18 bits per heavy atom. The molecule has 1 saturated heterocycles. The van der Waals surface area contributed by atoms with E-state index < -0.39 is 18.0 Å². The quantitative estimate of drug-likeness (QED) is 0.392. The van der Waals surface area contributed by atoms with Gasteiger partial charge in [-0.15, -0.1) is 0 Å². The number of carboxylic acids is 1. The molecule has 2 heterocycles. The van der Waals surface area contributed by atoms with Crippen LogP contribution in [0.2, 0.25) is 0 Å². The summed E-state index contributed by atoms with van der Waals surface area (Å²) in [4.78, 5) is 27.1. The summed E-state index contributed by atoms with van der Waals surface area (Å²) in [6.07, 6.45) is 2.95. The van der Waals surface area contributed by atoms with E-state index in [1.54, 1.807) is 18.9 Å². The molecule has 3 N–H and O–H groups in total. The Morgan fingerprint density at radius 3 is 2.73 bits per heavy atom. The van der Waals surface area contributed by atoms with Crippen LogP contribution in [0.25, 0.3) is 0 Å². The van der Waals surface area contributed by atoms with Crippen LogP contribution in [0.5, 0.6) is 0 Å². The first-order chi connectivity index (χ1) is 10.4. The minimum Gasteiger partial charge on any atom is -0.477 e. The average molecular weight is 307 g/mol. The molecule has 7 nitrogen and oxygen atoms in total. The highest BCUT2D eigenvalue weighted by Gasteiger charge is 2.62.